The molecule has 0 saturated heterocycles. The third kappa shape index (κ3) is 4.50. The van der Waals surface area contributed by atoms with Crippen molar-refractivity contribution in [3.8, 4) is 17.6 Å². The highest BCUT2D eigenvalue weighted by Gasteiger charge is 2.24. The summed E-state index contributed by atoms with van der Waals surface area (Å²) in [4.78, 5) is 0. The predicted molar refractivity (Wildman–Crippen MR) is 98.9 cm³/mol. The van der Waals surface area contributed by atoms with E-state index in [4.69, 9.17) is 15.2 Å². The summed E-state index contributed by atoms with van der Waals surface area (Å²) in [5.41, 5.74) is 9.90. The van der Waals surface area contributed by atoms with E-state index in [9.17, 15) is 5.26 Å². The van der Waals surface area contributed by atoms with Gasteiger partial charge in [-0.15, -0.1) is 0 Å². The van der Waals surface area contributed by atoms with Gasteiger partial charge in [0.1, 0.15) is 11.6 Å². The molecule has 0 aliphatic carbocycles. The number of nitriles is 1. The number of nitrogens with zero attached hydrogens (tertiary/aromatic N) is 1. The van der Waals surface area contributed by atoms with Crippen molar-refractivity contribution in [1.82, 2.24) is 5.32 Å². The molecule has 1 atom stereocenters. The highest BCUT2D eigenvalue weighted by Crippen LogP contribution is 2.38. The summed E-state index contributed by atoms with van der Waals surface area (Å²) in [5, 5.41) is 12.6. The van der Waals surface area contributed by atoms with Gasteiger partial charge in [-0.1, -0.05) is 35.9 Å². The summed E-state index contributed by atoms with van der Waals surface area (Å²) < 4.78 is 10.6. The summed E-state index contributed by atoms with van der Waals surface area (Å²) in [7, 11) is 3.10. The minimum atomic E-state index is -0.130. The number of nitrogens with one attached hydrogen (secondary N) is 1. The molecule has 1 aliphatic rings. The van der Waals surface area contributed by atoms with Crippen LogP contribution in [0.25, 0.3) is 0 Å². The topological polar surface area (TPSA) is 80.3 Å². The molecular formula is C20H25N3O2. The predicted octanol–water partition coefficient (Wildman–Crippen LogP) is 2.72. The minimum absolute atomic E-state index is 0.130. The van der Waals surface area contributed by atoms with Gasteiger partial charge in [0.25, 0.3) is 0 Å². The molecule has 25 heavy (non-hydrogen) atoms. The number of nitrogens with two attached hydrogens (primary N) is 1. The van der Waals surface area contributed by atoms with Crippen molar-refractivity contribution in [2.24, 2.45) is 5.73 Å². The van der Waals surface area contributed by atoms with Gasteiger partial charge in [0.2, 0.25) is 0 Å². The molecule has 1 unspecified atom stereocenters. The lowest BCUT2D eigenvalue weighted by Gasteiger charge is -2.18. The molecule has 5 heteroatoms. The lowest BCUT2D eigenvalue weighted by Crippen LogP contribution is -2.25. The van der Waals surface area contributed by atoms with E-state index >= 15 is 0 Å². The zero-order valence-corrected chi connectivity index (χ0v) is 15.0. The Bertz CT molecular complexity index is 739. The smallest absolute Gasteiger partial charge is 0.178 e. The summed E-state index contributed by atoms with van der Waals surface area (Å²) >= 11 is 0. The van der Waals surface area contributed by atoms with E-state index in [0.29, 0.717) is 23.6 Å². The number of rotatable bonds is 2. The third-order valence-corrected chi connectivity index (χ3v) is 4.18. The van der Waals surface area contributed by atoms with Crippen LogP contribution in [-0.2, 0) is 6.42 Å². The number of hydrogen-bond donors (Lipinski definition) is 2. The second-order valence-corrected chi connectivity index (χ2v) is 5.88. The average molecular weight is 339 g/mol. The monoisotopic (exact) mass is 339 g/mol. The maximum Gasteiger partial charge on any atom is 0.178 e. The second-order valence-electron chi connectivity index (χ2n) is 5.88. The fourth-order valence-electron chi connectivity index (χ4n) is 2.89. The van der Waals surface area contributed by atoms with E-state index in [1.54, 1.807) is 14.2 Å². The number of fused-ring (bicyclic) bond motifs is 1. The van der Waals surface area contributed by atoms with Crippen LogP contribution in [0.4, 0.5) is 0 Å². The molecule has 0 radical (unpaired) electrons. The van der Waals surface area contributed by atoms with Crippen molar-refractivity contribution >= 4 is 0 Å². The van der Waals surface area contributed by atoms with E-state index in [-0.39, 0.29) is 6.04 Å². The van der Waals surface area contributed by atoms with Crippen molar-refractivity contribution < 1.29 is 9.47 Å². The van der Waals surface area contributed by atoms with Crippen LogP contribution in [0.3, 0.4) is 0 Å². The van der Waals surface area contributed by atoms with Gasteiger partial charge < -0.3 is 20.5 Å². The second kappa shape index (κ2) is 9.07. The molecule has 1 heterocycles. The van der Waals surface area contributed by atoms with Crippen LogP contribution >= 0.6 is 0 Å². The molecule has 2 aromatic rings. The lowest BCUT2D eigenvalue weighted by atomic mass is 9.94. The Kier molecular flexibility index (Phi) is 6.81. The van der Waals surface area contributed by atoms with Crippen LogP contribution in [0.1, 0.15) is 28.3 Å². The van der Waals surface area contributed by atoms with Gasteiger partial charge in [-0.2, -0.15) is 5.26 Å². The molecule has 0 spiro atoms. The van der Waals surface area contributed by atoms with Gasteiger partial charge in [-0.05, 0) is 37.1 Å². The summed E-state index contributed by atoms with van der Waals surface area (Å²) in [6.45, 7) is 3.60. The zero-order valence-electron chi connectivity index (χ0n) is 15.0. The van der Waals surface area contributed by atoms with Crippen LogP contribution < -0.4 is 20.5 Å². The first kappa shape index (κ1) is 18.8. The van der Waals surface area contributed by atoms with Gasteiger partial charge in [-0.3, -0.25) is 0 Å². The number of methoxy groups -OCH3 is 2. The quantitative estimate of drug-likeness (QED) is 0.879. The molecule has 0 saturated carbocycles. The molecule has 2 aromatic carbocycles. The largest absolute Gasteiger partial charge is 0.493 e. The first-order valence-corrected chi connectivity index (χ1v) is 8.28. The van der Waals surface area contributed by atoms with Crippen molar-refractivity contribution in [1.29, 1.82) is 5.26 Å². The molecule has 132 valence electrons. The van der Waals surface area contributed by atoms with E-state index in [1.807, 2.05) is 24.3 Å². The maximum atomic E-state index is 9.36. The van der Waals surface area contributed by atoms with Gasteiger partial charge in [0.15, 0.2) is 11.5 Å². The van der Waals surface area contributed by atoms with Crippen molar-refractivity contribution in [3.05, 3.63) is 58.7 Å². The number of aryl methyl sites for hydroxylation is 1. The lowest BCUT2D eigenvalue weighted by molar-refractivity contribution is 0.353. The van der Waals surface area contributed by atoms with Crippen molar-refractivity contribution in [3.63, 3.8) is 0 Å². The van der Waals surface area contributed by atoms with Crippen LogP contribution in [-0.4, -0.2) is 27.3 Å². The maximum absolute atomic E-state index is 9.36. The fraction of sp³-hybridized carbons (Fsp3) is 0.350. The van der Waals surface area contributed by atoms with Crippen LogP contribution in [0, 0.1) is 18.3 Å². The Balaban J connectivity index is 0.000000269. The van der Waals surface area contributed by atoms with E-state index in [2.05, 4.69) is 30.4 Å². The average Bonchev–Trinajstić information content (AvgIpc) is 2.82. The minimum Gasteiger partial charge on any atom is -0.493 e. The molecule has 0 amide bonds. The Morgan fingerprint density at radius 2 is 1.92 bits per heavy atom. The molecular weight excluding hydrogens is 314 g/mol. The SMILES string of the molecule is COc1cc2c(c(C#N)c1OC)CCNCC2N.Cc1ccccc1. The third-order valence-electron chi connectivity index (χ3n) is 4.18. The summed E-state index contributed by atoms with van der Waals surface area (Å²) in [6.07, 6.45) is 0.770. The number of hydrogen-bond acceptors (Lipinski definition) is 5. The Morgan fingerprint density at radius 3 is 2.44 bits per heavy atom. The Morgan fingerprint density at radius 1 is 1.20 bits per heavy atom. The molecule has 5 nitrogen and oxygen atoms in total. The van der Waals surface area contributed by atoms with Gasteiger partial charge in [-0.25, -0.2) is 0 Å². The highest BCUT2D eigenvalue weighted by atomic mass is 16.5. The Hall–Kier alpha value is -2.55. The Labute approximate surface area is 149 Å². The van der Waals surface area contributed by atoms with Crippen LogP contribution in [0.5, 0.6) is 11.5 Å². The van der Waals surface area contributed by atoms with Crippen LogP contribution in [0.2, 0.25) is 0 Å². The van der Waals surface area contributed by atoms with Crippen molar-refractivity contribution in [2.45, 2.75) is 19.4 Å². The van der Waals surface area contributed by atoms with Gasteiger partial charge in [0.05, 0.1) is 14.2 Å². The number of benzene rings is 2. The summed E-state index contributed by atoms with van der Waals surface area (Å²) in [6, 6.07) is 14.2. The zero-order chi connectivity index (χ0) is 18.2. The van der Waals surface area contributed by atoms with Crippen molar-refractivity contribution in [2.75, 3.05) is 27.3 Å². The fourth-order valence-corrected chi connectivity index (χ4v) is 2.89. The molecule has 1 aliphatic heterocycles. The highest BCUT2D eigenvalue weighted by molar-refractivity contribution is 5.60. The first-order chi connectivity index (χ1) is 12.1. The molecule has 0 aromatic heterocycles. The number of ether oxygens (including phenoxy) is 2. The van der Waals surface area contributed by atoms with Gasteiger partial charge in [0, 0.05) is 12.6 Å². The standard InChI is InChI=1S/C13H17N3O2.C7H8/c1-17-12-5-9-8(3-4-16-7-11(9)15)10(6-14)13(12)18-2;1-7-5-3-2-4-6-7/h5,11,16H,3-4,7,15H2,1-2H3;2-6H,1H3. The first-order valence-electron chi connectivity index (χ1n) is 8.28. The van der Waals surface area contributed by atoms with E-state index in [0.717, 1.165) is 24.1 Å². The normalized spacial score (nSPS) is 15.7. The molecule has 0 fully saturated rings. The molecule has 0 bridgehead atoms. The molecule has 3 N–H and O–H groups in total. The van der Waals surface area contributed by atoms with Crippen LogP contribution in [0.15, 0.2) is 36.4 Å². The van der Waals surface area contributed by atoms with Gasteiger partial charge >= 0.3 is 0 Å². The van der Waals surface area contributed by atoms with E-state index < -0.39 is 0 Å². The van der Waals surface area contributed by atoms with E-state index in [1.165, 1.54) is 5.56 Å². The molecule has 3 rings (SSSR count). The summed E-state index contributed by atoms with van der Waals surface area (Å²) in [5.74, 6) is 1.05.